The van der Waals surface area contributed by atoms with E-state index in [4.69, 9.17) is 4.74 Å². The maximum atomic E-state index is 13.3. The lowest BCUT2D eigenvalue weighted by atomic mass is 9.95. The summed E-state index contributed by atoms with van der Waals surface area (Å²) in [7, 11) is -2.24. The van der Waals surface area contributed by atoms with Crippen LogP contribution in [0.4, 0.5) is 0 Å². The average Bonchev–Trinajstić information content (AvgIpc) is 2.78. The Bertz CT molecular complexity index is 1010. The lowest BCUT2D eigenvalue weighted by molar-refractivity contribution is -0.121. The van der Waals surface area contributed by atoms with Crippen LogP contribution in [0.3, 0.4) is 0 Å². The minimum Gasteiger partial charge on any atom is -0.496 e. The summed E-state index contributed by atoms with van der Waals surface area (Å²) in [6.45, 7) is 1.63. The summed E-state index contributed by atoms with van der Waals surface area (Å²) in [5, 5.41) is 3.99. The minimum absolute atomic E-state index is 0.191. The molecule has 2 aromatic rings. The highest BCUT2D eigenvalue weighted by Crippen LogP contribution is 2.27. The lowest BCUT2D eigenvalue weighted by Gasteiger charge is -2.32. The number of rotatable bonds is 8. The Balaban J connectivity index is 1.76. The number of methoxy groups -OCH3 is 1. The number of carbonyl (C=O) groups excluding carboxylic acids is 1. The molecule has 2 aromatic carbocycles. The molecule has 3 rings (SSSR count). The standard InChI is InChI=1S/C23H29N3O4S/c1-18-12-14-21(15-13-18)31(28,29)26(20-9-4-3-5-10-20)17-23(27)25-24-16-19-8-6-7-11-22(19)30-2/h6-8,11-16,20H,3-5,9-10,17H2,1-2H3,(H,25,27)/b24-16-. The van der Waals surface area contributed by atoms with Gasteiger partial charge in [0.1, 0.15) is 5.75 Å². The average molecular weight is 444 g/mol. The number of hydrogen-bond donors (Lipinski definition) is 1. The van der Waals surface area contributed by atoms with Crippen molar-refractivity contribution in [3.63, 3.8) is 0 Å². The molecule has 1 aliphatic rings. The van der Waals surface area contributed by atoms with Crippen molar-refractivity contribution in [2.45, 2.75) is 50.0 Å². The molecule has 0 saturated heterocycles. The van der Waals surface area contributed by atoms with E-state index in [1.807, 2.05) is 25.1 Å². The van der Waals surface area contributed by atoms with Crippen LogP contribution < -0.4 is 10.2 Å². The largest absolute Gasteiger partial charge is 0.496 e. The number of benzene rings is 2. The van der Waals surface area contributed by atoms with E-state index in [0.717, 1.165) is 37.7 Å². The first-order chi connectivity index (χ1) is 14.9. The van der Waals surface area contributed by atoms with Gasteiger partial charge in [-0.15, -0.1) is 0 Å². The third kappa shape index (κ3) is 5.92. The van der Waals surface area contributed by atoms with E-state index in [1.54, 1.807) is 37.4 Å². The van der Waals surface area contributed by atoms with Gasteiger partial charge in [0.2, 0.25) is 10.0 Å². The van der Waals surface area contributed by atoms with Crippen LogP contribution in [-0.2, 0) is 14.8 Å². The summed E-state index contributed by atoms with van der Waals surface area (Å²) >= 11 is 0. The van der Waals surface area contributed by atoms with Crippen LogP contribution in [0.1, 0.15) is 43.2 Å². The maximum Gasteiger partial charge on any atom is 0.255 e. The normalized spacial score (nSPS) is 15.3. The van der Waals surface area contributed by atoms with E-state index in [-0.39, 0.29) is 17.5 Å². The van der Waals surface area contributed by atoms with Gasteiger partial charge in [-0.05, 0) is 44.0 Å². The first-order valence-electron chi connectivity index (χ1n) is 10.5. The Hall–Kier alpha value is -2.71. The van der Waals surface area contributed by atoms with Gasteiger partial charge in [-0.3, -0.25) is 4.79 Å². The van der Waals surface area contributed by atoms with Crippen molar-refractivity contribution in [1.82, 2.24) is 9.73 Å². The number of sulfonamides is 1. The summed E-state index contributed by atoms with van der Waals surface area (Å²) in [4.78, 5) is 12.8. The van der Waals surface area contributed by atoms with E-state index in [1.165, 1.54) is 10.5 Å². The second-order valence-corrected chi connectivity index (χ2v) is 9.58. The third-order valence-corrected chi connectivity index (χ3v) is 7.35. The molecule has 0 aliphatic heterocycles. The number of carbonyl (C=O) groups is 1. The number of nitrogens with zero attached hydrogens (tertiary/aromatic N) is 2. The molecule has 0 atom stereocenters. The van der Waals surface area contributed by atoms with Crippen LogP contribution in [0.25, 0.3) is 0 Å². The zero-order chi connectivity index (χ0) is 22.3. The summed E-state index contributed by atoms with van der Waals surface area (Å²) in [6.07, 6.45) is 5.99. The molecule has 8 heteroatoms. The molecule has 1 aliphatic carbocycles. The van der Waals surface area contributed by atoms with Gasteiger partial charge in [-0.1, -0.05) is 49.1 Å². The van der Waals surface area contributed by atoms with Gasteiger partial charge in [0.05, 0.1) is 24.8 Å². The van der Waals surface area contributed by atoms with Gasteiger partial charge in [0.25, 0.3) is 5.91 Å². The fourth-order valence-electron chi connectivity index (χ4n) is 3.75. The van der Waals surface area contributed by atoms with Crippen LogP contribution in [0.5, 0.6) is 5.75 Å². The molecular formula is C23H29N3O4S. The Kier molecular flexibility index (Phi) is 7.81. The highest BCUT2D eigenvalue weighted by atomic mass is 32.2. The van der Waals surface area contributed by atoms with E-state index in [2.05, 4.69) is 10.5 Å². The smallest absolute Gasteiger partial charge is 0.255 e. The van der Waals surface area contributed by atoms with Crippen LogP contribution in [-0.4, -0.2) is 44.5 Å². The fraction of sp³-hybridized carbons (Fsp3) is 0.391. The van der Waals surface area contributed by atoms with E-state index in [0.29, 0.717) is 11.3 Å². The van der Waals surface area contributed by atoms with Crippen molar-refractivity contribution < 1.29 is 17.9 Å². The third-order valence-electron chi connectivity index (χ3n) is 5.44. The summed E-state index contributed by atoms with van der Waals surface area (Å²) in [5.41, 5.74) is 4.14. The number of ether oxygens (including phenoxy) is 1. The summed E-state index contributed by atoms with van der Waals surface area (Å²) in [5.74, 6) is 0.152. The highest BCUT2D eigenvalue weighted by Gasteiger charge is 2.33. The number of aryl methyl sites for hydroxylation is 1. The number of hydrazone groups is 1. The second kappa shape index (κ2) is 10.5. The number of hydrogen-bond acceptors (Lipinski definition) is 5. The predicted octanol–water partition coefficient (Wildman–Crippen LogP) is 3.48. The Morgan fingerprint density at radius 3 is 2.48 bits per heavy atom. The Morgan fingerprint density at radius 2 is 1.81 bits per heavy atom. The lowest BCUT2D eigenvalue weighted by Crippen LogP contribution is -2.46. The first-order valence-corrected chi connectivity index (χ1v) is 11.9. The maximum absolute atomic E-state index is 13.3. The molecule has 166 valence electrons. The molecule has 0 radical (unpaired) electrons. The number of nitrogens with one attached hydrogen (secondary N) is 1. The fourth-order valence-corrected chi connectivity index (χ4v) is 5.39. The molecule has 1 N–H and O–H groups in total. The molecule has 1 saturated carbocycles. The molecular weight excluding hydrogens is 414 g/mol. The molecule has 0 heterocycles. The molecule has 31 heavy (non-hydrogen) atoms. The number of amides is 1. The van der Waals surface area contributed by atoms with Crippen LogP contribution >= 0.6 is 0 Å². The SMILES string of the molecule is COc1ccccc1/C=N\NC(=O)CN(C1CCCCC1)S(=O)(=O)c1ccc(C)cc1. The monoisotopic (exact) mass is 443 g/mol. The van der Waals surface area contributed by atoms with Crippen LogP contribution in [0.15, 0.2) is 58.5 Å². The Labute approximate surface area is 184 Å². The molecule has 0 bridgehead atoms. The van der Waals surface area contributed by atoms with Gasteiger partial charge in [-0.25, -0.2) is 13.8 Å². The topological polar surface area (TPSA) is 88.1 Å². The predicted molar refractivity (Wildman–Crippen MR) is 121 cm³/mol. The quantitative estimate of drug-likeness (QED) is 0.500. The molecule has 7 nitrogen and oxygen atoms in total. The zero-order valence-corrected chi connectivity index (χ0v) is 18.8. The van der Waals surface area contributed by atoms with Crippen molar-refractivity contribution >= 4 is 22.1 Å². The highest BCUT2D eigenvalue weighted by molar-refractivity contribution is 7.89. The van der Waals surface area contributed by atoms with Gasteiger partial charge in [0.15, 0.2) is 0 Å². The van der Waals surface area contributed by atoms with Crippen molar-refractivity contribution in [3.05, 3.63) is 59.7 Å². The Morgan fingerprint density at radius 1 is 1.13 bits per heavy atom. The van der Waals surface area contributed by atoms with Gasteiger partial charge >= 0.3 is 0 Å². The first kappa shape index (κ1) is 23.0. The summed E-state index contributed by atoms with van der Waals surface area (Å²) < 4.78 is 33.3. The second-order valence-electron chi connectivity index (χ2n) is 7.69. The van der Waals surface area contributed by atoms with Gasteiger partial charge < -0.3 is 4.74 Å². The minimum atomic E-state index is -3.80. The van der Waals surface area contributed by atoms with Crippen molar-refractivity contribution in [2.24, 2.45) is 5.10 Å². The molecule has 0 spiro atoms. The van der Waals surface area contributed by atoms with Crippen molar-refractivity contribution in [1.29, 1.82) is 0 Å². The molecule has 1 fully saturated rings. The van der Waals surface area contributed by atoms with E-state index in [9.17, 15) is 13.2 Å². The molecule has 0 unspecified atom stereocenters. The molecule has 1 amide bonds. The van der Waals surface area contributed by atoms with E-state index >= 15 is 0 Å². The van der Waals surface area contributed by atoms with Crippen molar-refractivity contribution in [3.8, 4) is 5.75 Å². The van der Waals surface area contributed by atoms with Crippen molar-refractivity contribution in [2.75, 3.05) is 13.7 Å². The summed E-state index contributed by atoms with van der Waals surface area (Å²) in [6, 6.07) is 13.8. The zero-order valence-electron chi connectivity index (χ0n) is 18.0. The van der Waals surface area contributed by atoms with Crippen LogP contribution in [0, 0.1) is 6.92 Å². The van der Waals surface area contributed by atoms with Gasteiger partial charge in [-0.2, -0.15) is 9.41 Å². The van der Waals surface area contributed by atoms with Crippen LogP contribution in [0.2, 0.25) is 0 Å². The van der Waals surface area contributed by atoms with E-state index < -0.39 is 15.9 Å². The number of para-hydroxylation sites is 1. The van der Waals surface area contributed by atoms with Gasteiger partial charge in [0, 0.05) is 11.6 Å². The molecule has 0 aromatic heterocycles.